The van der Waals surface area contributed by atoms with E-state index in [1.807, 2.05) is 63.2 Å². The van der Waals surface area contributed by atoms with E-state index in [1.54, 1.807) is 10.9 Å². The largest absolute Gasteiger partial charge is 0.343 e. The Balaban J connectivity index is 1.44. The molecule has 0 radical (unpaired) electrons. The Morgan fingerprint density at radius 3 is 2.50 bits per heavy atom. The number of nitrogens with one attached hydrogen (secondary N) is 2. The van der Waals surface area contributed by atoms with E-state index in [0.29, 0.717) is 34.0 Å². The van der Waals surface area contributed by atoms with Crippen LogP contribution >= 0.6 is 0 Å². The highest BCUT2D eigenvalue weighted by atomic mass is 16.2. The molecule has 34 heavy (non-hydrogen) atoms. The molecule has 0 aliphatic heterocycles. The van der Waals surface area contributed by atoms with Crippen LogP contribution in [0.5, 0.6) is 0 Å². The lowest BCUT2D eigenvalue weighted by Gasteiger charge is -2.12. The minimum atomic E-state index is -0.324. The van der Waals surface area contributed by atoms with E-state index < -0.39 is 0 Å². The highest BCUT2D eigenvalue weighted by molar-refractivity contribution is 6.08. The van der Waals surface area contributed by atoms with Crippen LogP contribution in [-0.4, -0.2) is 38.1 Å². The van der Waals surface area contributed by atoms with Gasteiger partial charge in [-0.3, -0.25) is 9.59 Å². The van der Waals surface area contributed by atoms with Crippen LogP contribution in [0.25, 0.3) is 16.9 Å². The lowest BCUT2D eigenvalue weighted by Crippen LogP contribution is -2.33. The van der Waals surface area contributed by atoms with Crippen molar-refractivity contribution in [3.63, 3.8) is 0 Å². The monoisotopic (exact) mass is 454 g/mol. The number of carbonyl (C=O) groups is 2. The van der Waals surface area contributed by atoms with Crippen molar-refractivity contribution < 1.29 is 9.59 Å². The van der Waals surface area contributed by atoms with E-state index in [4.69, 9.17) is 4.98 Å². The Morgan fingerprint density at radius 2 is 1.82 bits per heavy atom. The van der Waals surface area contributed by atoms with Gasteiger partial charge in [-0.15, -0.1) is 0 Å². The number of aromatic nitrogens is 4. The summed E-state index contributed by atoms with van der Waals surface area (Å²) >= 11 is 0. The number of benzene rings is 1. The zero-order valence-corrected chi connectivity index (χ0v) is 19.4. The average molecular weight is 455 g/mol. The van der Waals surface area contributed by atoms with Gasteiger partial charge in [-0.25, -0.2) is 9.97 Å². The molecule has 2 N–H and O–H groups in total. The second-order valence-electron chi connectivity index (χ2n) is 8.75. The van der Waals surface area contributed by atoms with Crippen molar-refractivity contribution >= 4 is 28.5 Å². The van der Waals surface area contributed by atoms with Crippen molar-refractivity contribution in [2.45, 2.75) is 39.5 Å². The lowest BCUT2D eigenvalue weighted by molar-refractivity contribution is -0.115. The molecule has 0 saturated heterocycles. The van der Waals surface area contributed by atoms with Crippen LogP contribution in [0.15, 0.2) is 48.7 Å². The van der Waals surface area contributed by atoms with Gasteiger partial charge in [0.2, 0.25) is 5.91 Å². The van der Waals surface area contributed by atoms with E-state index in [1.165, 1.54) is 0 Å². The number of pyridine rings is 2. The van der Waals surface area contributed by atoms with Gasteiger partial charge < -0.3 is 10.6 Å². The van der Waals surface area contributed by atoms with Gasteiger partial charge in [-0.2, -0.15) is 9.78 Å². The van der Waals surface area contributed by atoms with E-state index in [-0.39, 0.29) is 18.4 Å². The first-order valence-electron chi connectivity index (χ1n) is 11.4. The Bertz CT molecular complexity index is 1390. The average Bonchev–Trinajstić information content (AvgIpc) is 3.63. The van der Waals surface area contributed by atoms with E-state index in [2.05, 4.69) is 20.7 Å². The summed E-state index contributed by atoms with van der Waals surface area (Å²) < 4.78 is 1.68. The maximum atomic E-state index is 13.3. The standard InChI is InChI=1S/C26H26N6O2/c1-15-7-6-8-16(2)24(15)30-22(33)14-28-26(34)19-13-20(18-10-11-18)29-25-23(19)17(3)31-32(25)21-9-4-5-12-27-21/h4-9,12-13,18H,10-11,14H2,1-3H3,(H,28,34)(H,30,33). The highest BCUT2D eigenvalue weighted by Gasteiger charge is 2.29. The summed E-state index contributed by atoms with van der Waals surface area (Å²) in [5.41, 5.74) is 5.36. The zero-order chi connectivity index (χ0) is 23.8. The summed E-state index contributed by atoms with van der Waals surface area (Å²) in [6, 6.07) is 13.3. The van der Waals surface area contributed by atoms with Crippen molar-refractivity contribution in [3.05, 3.63) is 76.7 Å². The molecule has 0 unspecified atom stereocenters. The van der Waals surface area contributed by atoms with Crippen LogP contribution in [0.4, 0.5) is 5.69 Å². The molecule has 4 aromatic rings. The number of hydrogen-bond acceptors (Lipinski definition) is 5. The third kappa shape index (κ3) is 4.14. The number of rotatable bonds is 6. The predicted molar refractivity (Wildman–Crippen MR) is 130 cm³/mol. The van der Waals surface area contributed by atoms with Crippen LogP contribution < -0.4 is 10.6 Å². The van der Waals surface area contributed by atoms with Crippen LogP contribution in [0.3, 0.4) is 0 Å². The first kappa shape index (κ1) is 21.8. The Morgan fingerprint density at radius 1 is 1.06 bits per heavy atom. The van der Waals surface area contributed by atoms with Crippen LogP contribution in [0.1, 0.15) is 51.6 Å². The molecule has 3 heterocycles. The Hall–Kier alpha value is -4.07. The summed E-state index contributed by atoms with van der Waals surface area (Å²) in [4.78, 5) is 35.1. The van der Waals surface area contributed by atoms with Gasteiger partial charge in [-0.05, 0) is 62.9 Å². The number of hydrogen-bond donors (Lipinski definition) is 2. The van der Waals surface area contributed by atoms with Gasteiger partial charge in [0.05, 0.1) is 23.2 Å². The fourth-order valence-electron chi connectivity index (χ4n) is 4.17. The maximum absolute atomic E-state index is 13.3. The van der Waals surface area contributed by atoms with Gasteiger partial charge in [0.25, 0.3) is 5.91 Å². The first-order valence-corrected chi connectivity index (χ1v) is 11.4. The first-order chi connectivity index (χ1) is 16.4. The SMILES string of the molecule is Cc1cccc(C)c1NC(=O)CNC(=O)c1cc(C2CC2)nc2c1c(C)nn2-c1ccccn1. The van der Waals surface area contributed by atoms with Crippen molar-refractivity contribution in [2.75, 3.05) is 11.9 Å². The molecule has 1 aliphatic carbocycles. The number of nitrogens with zero attached hydrogens (tertiary/aromatic N) is 4. The summed E-state index contributed by atoms with van der Waals surface area (Å²) in [6.45, 7) is 5.60. The molecule has 1 fully saturated rings. The topological polar surface area (TPSA) is 102 Å². The molecule has 0 spiro atoms. The van der Waals surface area contributed by atoms with Gasteiger partial charge in [0, 0.05) is 23.5 Å². The number of anilines is 1. The molecule has 8 nitrogen and oxygen atoms in total. The van der Waals surface area contributed by atoms with E-state index >= 15 is 0 Å². The molecule has 0 bridgehead atoms. The minimum absolute atomic E-state index is 0.136. The quantitative estimate of drug-likeness (QED) is 0.459. The van der Waals surface area contributed by atoms with Crippen molar-refractivity contribution in [1.29, 1.82) is 0 Å². The molecule has 1 saturated carbocycles. The van der Waals surface area contributed by atoms with Gasteiger partial charge in [0.1, 0.15) is 0 Å². The van der Waals surface area contributed by atoms with E-state index in [0.717, 1.165) is 35.3 Å². The molecular weight excluding hydrogens is 428 g/mol. The summed E-state index contributed by atoms with van der Waals surface area (Å²) in [6.07, 6.45) is 3.80. The third-order valence-corrected chi connectivity index (χ3v) is 6.09. The normalized spacial score (nSPS) is 13.1. The Kier molecular flexibility index (Phi) is 5.57. The van der Waals surface area contributed by atoms with Gasteiger partial charge >= 0.3 is 0 Å². The summed E-state index contributed by atoms with van der Waals surface area (Å²) in [7, 11) is 0. The fraction of sp³-hybridized carbons (Fsp3) is 0.269. The fourth-order valence-corrected chi connectivity index (χ4v) is 4.17. The zero-order valence-electron chi connectivity index (χ0n) is 19.4. The van der Waals surface area contributed by atoms with Crippen molar-refractivity contribution in [2.24, 2.45) is 0 Å². The molecule has 0 atom stereocenters. The van der Waals surface area contributed by atoms with Crippen molar-refractivity contribution in [3.8, 4) is 5.82 Å². The van der Waals surface area contributed by atoms with Crippen LogP contribution in [-0.2, 0) is 4.79 Å². The molecule has 5 rings (SSSR count). The Labute approximate surface area is 197 Å². The maximum Gasteiger partial charge on any atom is 0.252 e. The lowest BCUT2D eigenvalue weighted by atomic mass is 10.1. The second-order valence-corrected chi connectivity index (χ2v) is 8.75. The van der Waals surface area contributed by atoms with Crippen LogP contribution in [0, 0.1) is 20.8 Å². The molecule has 1 aromatic carbocycles. The summed E-state index contributed by atoms with van der Waals surface area (Å²) in [5.74, 6) is 0.380. The molecule has 1 aliphatic rings. The number of carbonyl (C=O) groups excluding carboxylic acids is 2. The van der Waals surface area contributed by atoms with Crippen molar-refractivity contribution in [1.82, 2.24) is 25.1 Å². The molecule has 3 aromatic heterocycles. The van der Waals surface area contributed by atoms with E-state index in [9.17, 15) is 9.59 Å². The molecule has 8 heteroatoms. The smallest absolute Gasteiger partial charge is 0.252 e. The predicted octanol–water partition coefficient (Wildman–Crippen LogP) is 3.99. The number of para-hydroxylation sites is 1. The van der Waals surface area contributed by atoms with Gasteiger partial charge in [-0.1, -0.05) is 24.3 Å². The van der Waals surface area contributed by atoms with Crippen LogP contribution in [0.2, 0.25) is 0 Å². The number of fused-ring (bicyclic) bond motifs is 1. The molecule has 2 amide bonds. The minimum Gasteiger partial charge on any atom is -0.343 e. The highest BCUT2D eigenvalue weighted by Crippen LogP contribution is 2.40. The number of aryl methyl sites for hydroxylation is 3. The van der Waals surface area contributed by atoms with Gasteiger partial charge in [0.15, 0.2) is 11.5 Å². The summed E-state index contributed by atoms with van der Waals surface area (Å²) in [5, 5.41) is 11.0. The molecule has 172 valence electrons. The second kappa shape index (κ2) is 8.70. The molecular formula is C26H26N6O2. The number of amides is 2. The third-order valence-electron chi connectivity index (χ3n) is 6.09.